The molecule has 0 radical (unpaired) electrons. The number of hydrogen-bond donors (Lipinski definition) is 1. The van der Waals surface area contributed by atoms with Gasteiger partial charge in [0.2, 0.25) is 0 Å². The Morgan fingerprint density at radius 2 is 1.86 bits per heavy atom. The molecule has 4 nitrogen and oxygen atoms in total. The summed E-state index contributed by atoms with van der Waals surface area (Å²) < 4.78 is 1.30. The summed E-state index contributed by atoms with van der Waals surface area (Å²) in [6, 6.07) is 10.2. The summed E-state index contributed by atoms with van der Waals surface area (Å²) in [5.41, 5.74) is 2.27. The first-order chi connectivity index (χ1) is 10.0. The highest BCUT2D eigenvalue weighted by molar-refractivity contribution is 6.31. The van der Waals surface area contributed by atoms with Crippen LogP contribution in [0.15, 0.2) is 42.6 Å². The van der Waals surface area contributed by atoms with Gasteiger partial charge in [-0.05, 0) is 42.8 Å². The third kappa shape index (κ3) is 2.73. The smallest absolute Gasteiger partial charge is 0.306 e. The molecule has 1 heterocycles. The van der Waals surface area contributed by atoms with Crippen LogP contribution in [0.1, 0.15) is 5.56 Å². The average molecular weight is 320 g/mol. The molecular formula is C15H11Cl2N3O. The molecule has 6 heteroatoms. The first kappa shape index (κ1) is 13.9. The molecule has 2 aromatic carbocycles. The summed E-state index contributed by atoms with van der Waals surface area (Å²) in [5, 5.41) is 8.88. The van der Waals surface area contributed by atoms with E-state index in [1.165, 1.54) is 4.68 Å². The molecule has 0 saturated carbocycles. The molecule has 0 unspecified atom stereocenters. The predicted octanol–water partition coefficient (Wildman–Crippen LogP) is 4.73. The fraction of sp³-hybridized carbons (Fsp3) is 0.0667. The molecule has 0 spiro atoms. The third-order valence-corrected chi connectivity index (χ3v) is 3.63. The van der Waals surface area contributed by atoms with Crippen LogP contribution in [0, 0.1) is 6.92 Å². The van der Waals surface area contributed by atoms with Crippen LogP contribution in [-0.2, 0) is 0 Å². The van der Waals surface area contributed by atoms with E-state index < -0.39 is 0 Å². The molecule has 106 valence electrons. The van der Waals surface area contributed by atoms with Gasteiger partial charge in [-0.1, -0.05) is 29.3 Å². The van der Waals surface area contributed by atoms with Gasteiger partial charge in [0.1, 0.15) is 0 Å². The van der Waals surface area contributed by atoms with Gasteiger partial charge in [-0.25, -0.2) is 4.79 Å². The summed E-state index contributed by atoms with van der Waals surface area (Å²) in [5.74, 6) is 0. The second-order valence-corrected chi connectivity index (χ2v) is 5.52. The van der Waals surface area contributed by atoms with Gasteiger partial charge < -0.3 is 5.32 Å². The molecule has 0 aliphatic heterocycles. The van der Waals surface area contributed by atoms with Crippen LogP contribution in [0.3, 0.4) is 0 Å². The monoisotopic (exact) mass is 319 g/mol. The molecule has 0 aliphatic rings. The maximum atomic E-state index is 12.4. The molecule has 0 atom stereocenters. The molecule has 0 aliphatic carbocycles. The Balaban J connectivity index is 1.95. The summed E-state index contributed by atoms with van der Waals surface area (Å²) in [4.78, 5) is 12.4. The second kappa shape index (κ2) is 5.39. The molecule has 0 bridgehead atoms. The SMILES string of the molecule is Cc1ccc(Cl)cc1NC(=O)n1ncc2cc(Cl)ccc21. The van der Waals surface area contributed by atoms with Crippen molar-refractivity contribution in [3.05, 3.63) is 58.2 Å². The van der Waals surface area contributed by atoms with E-state index in [0.29, 0.717) is 21.2 Å². The zero-order valence-corrected chi connectivity index (χ0v) is 12.6. The summed E-state index contributed by atoms with van der Waals surface area (Å²) in [6.07, 6.45) is 1.60. The fourth-order valence-corrected chi connectivity index (χ4v) is 2.42. The first-order valence-electron chi connectivity index (χ1n) is 6.25. The van der Waals surface area contributed by atoms with Crippen molar-refractivity contribution < 1.29 is 4.79 Å². The number of fused-ring (bicyclic) bond motifs is 1. The third-order valence-electron chi connectivity index (χ3n) is 3.16. The number of rotatable bonds is 1. The Morgan fingerprint density at radius 1 is 1.14 bits per heavy atom. The predicted molar refractivity (Wildman–Crippen MR) is 85.3 cm³/mol. The lowest BCUT2D eigenvalue weighted by Gasteiger charge is -2.09. The van der Waals surface area contributed by atoms with Gasteiger partial charge in [0.25, 0.3) is 0 Å². The van der Waals surface area contributed by atoms with Crippen LogP contribution < -0.4 is 5.32 Å². The van der Waals surface area contributed by atoms with E-state index in [0.717, 1.165) is 10.9 Å². The van der Waals surface area contributed by atoms with Gasteiger partial charge >= 0.3 is 6.03 Å². The average Bonchev–Trinajstić information content (AvgIpc) is 2.85. The number of carbonyl (C=O) groups excluding carboxylic acids is 1. The number of carbonyl (C=O) groups is 1. The summed E-state index contributed by atoms with van der Waals surface area (Å²) >= 11 is 11.9. The highest BCUT2D eigenvalue weighted by Gasteiger charge is 2.12. The minimum absolute atomic E-state index is 0.349. The normalized spacial score (nSPS) is 10.8. The highest BCUT2D eigenvalue weighted by Crippen LogP contribution is 2.22. The van der Waals surface area contributed by atoms with Crippen LogP contribution in [0.25, 0.3) is 10.9 Å². The van der Waals surface area contributed by atoms with Gasteiger partial charge in [0.15, 0.2) is 0 Å². The van der Waals surface area contributed by atoms with Crippen LogP contribution in [-0.4, -0.2) is 15.8 Å². The van der Waals surface area contributed by atoms with Crippen LogP contribution in [0.5, 0.6) is 0 Å². The van der Waals surface area contributed by atoms with E-state index in [-0.39, 0.29) is 6.03 Å². The lowest BCUT2D eigenvalue weighted by molar-refractivity contribution is 0.252. The summed E-state index contributed by atoms with van der Waals surface area (Å²) in [6.45, 7) is 1.90. The Hall–Kier alpha value is -2.04. The van der Waals surface area contributed by atoms with E-state index >= 15 is 0 Å². The van der Waals surface area contributed by atoms with Crippen molar-refractivity contribution in [3.63, 3.8) is 0 Å². The Morgan fingerprint density at radius 3 is 2.67 bits per heavy atom. The topological polar surface area (TPSA) is 46.9 Å². The molecule has 21 heavy (non-hydrogen) atoms. The number of amides is 1. The molecule has 1 amide bonds. The largest absolute Gasteiger partial charge is 0.347 e. The van der Waals surface area contributed by atoms with Crippen molar-refractivity contribution in [3.8, 4) is 0 Å². The first-order valence-corrected chi connectivity index (χ1v) is 7.01. The van der Waals surface area contributed by atoms with Crippen LogP contribution >= 0.6 is 23.2 Å². The van der Waals surface area contributed by atoms with Gasteiger partial charge in [0.05, 0.1) is 11.7 Å². The van der Waals surface area contributed by atoms with E-state index in [2.05, 4.69) is 10.4 Å². The number of nitrogens with one attached hydrogen (secondary N) is 1. The fourth-order valence-electron chi connectivity index (χ4n) is 2.06. The number of benzene rings is 2. The lowest BCUT2D eigenvalue weighted by Crippen LogP contribution is -2.20. The van der Waals surface area contributed by atoms with Crippen molar-refractivity contribution in [2.24, 2.45) is 0 Å². The van der Waals surface area contributed by atoms with E-state index in [9.17, 15) is 4.79 Å². The van der Waals surface area contributed by atoms with Crippen molar-refractivity contribution in [2.45, 2.75) is 6.92 Å². The number of hydrogen-bond acceptors (Lipinski definition) is 2. The van der Waals surface area contributed by atoms with E-state index in [1.54, 1.807) is 36.5 Å². The quantitative estimate of drug-likeness (QED) is 0.704. The minimum Gasteiger partial charge on any atom is -0.306 e. The van der Waals surface area contributed by atoms with Gasteiger partial charge in [-0.15, -0.1) is 0 Å². The molecule has 1 aromatic heterocycles. The van der Waals surface area contributed by atoms with Crippen LogP contribution in [0.2, 0.25) is 10.0 Å². The molecule has 3 rings (SSSR count). The lowest BCUT2D eigenvalue weighted by atomic mass is 10.2. The standard InChI is InChI=1S/C15H11Cl2N3O/c1-9-2-3-12(17)7-13(9)19-15(21)20-14-5-4-11(16)6-10(14)8-18-20/h2-8H,1H3,(H,19,21). The number of nitrogens with zero attached hydrogens (tertiary/aromatic N) is 2. The van der Waals surface area contributed by atoms with Gasteiger partial charge in [-0.2, -0.15) is 9.78 Å². The number of aryl methyl sites for hydroxylation is 1. The number of aromatic nitrogens is 2. The zero-order chi connectivity index (χ0) is 15.0. The summed E-state index contributed by atoms with van der Waals surface area (Å²) in [7, 11) is 0. The Bertz CT molecular complexity index is 842. The number of halogens is 2. The molecule has 3 aromatic rings. The Labute approximate surface area is 131 Å². The van der Waals surface area contributed by atoms with Crippen molar-refractivity contribution in [1.82, 2.24) is 9.78 Å². The van der Waals surface area contributed by atoms with Crippen LogP contribution in [0.4, 0.5) is 10.5 Å². The van der Waals surface area contributed by atoms with Crippen molar-refractivity contribution in [2.75, 3.05) is 5.32 Å². The van der Waals surface area contributed by atoms with Gasteiger partial charge in [0, 0.05) is 21.1 Å². The Kier molecular flexibility index (Phi) is 3.57. The molecular weight excluding hydrogens is 309 g/mol. The highest BCUT2D eigenvalue weighted by atomic mass is 35.5. The number of anilines is 1. The van der Waals surface area contributed by atoms with Gasteiger partial charge in [-0.3, -0.25) is 0 Å². The van der Waals surface area contributed by atoms with Crippen molar-refractivity contribution in [1.29, 1.82) is 0 Å². The molecule has 0 saturated heterocycles. The molecule has 1 N–H and O–H groups in total. The molecule has 0 fully saturated rings. The minimum atomic E-state index is -0.349. The van der Waals surface area contributed by atoms with E-state index in [4.69, 9.17) is 23.2 Å². The van der Waals surface area contributed by atoms with Crippen molar-refractivity contribution >= 4 is 45.8 Å². The van der Waals surface area contributed by atoms with E-state index in [1.807, 2.05) is 13.0 Å². The maximum Gasteiger partial charge on any atom is 0.347 e. The maximum absolute atomic E-state index is 12.4. The second-order valence-electron chi connectivity index (χ2n) is 4.65. The zero-order valence-electron chi connectivity index (χ0n) is 11.1.